The molecule has 1 aromatic carbocycles. The summed E-state index contributed by atoms with van der Waals surface area (Å²) in [7, 11) is 0. The van der Waals surface area contributed by atoms with E-state index >= 15 is 0 Å². The van der Waals surface area contributed by atoms with E-state index in [-0.39, 0.29) is 11.9 Å². The van der Waals surface area contributed by atoms with Crippen LogP contribution in [0.3, 0.4) is 0 Å². The largest absolute Gasteiger partial charge is 0.439 e. The molecule has 1 unspecified atom stereocenters. The molecular weight excluding hydrogens is 346 g/mol. The highest BCUT2D eigenvalue weighted by Crippen LogP contribution is 2.35. The zero-order valence-electron chi connectivity index (χ0n) is 16.9. The van der Waals surface area contributed by atoms with Gasteiger partial charge >= 0.3 is 5.97 Å². The fourth-order valence-corrected chi connectivity index (χ4v) is 4.28. The number of carbonyl (C=O) groups is 1. The second kappa shape index (κ2) is 9.73. The first-order valence-electron chi connectivity index (χ1n) is 10.7. The lowest BCUT2D eigenvalue weighted by Gasteiger charge is -2.31. The fraction of sp³-hybridized carbons (Fsp3) is 0.520. The van der Waals surface area contributed by atoms with Crippen molar-refractivity contribution in [1.82, 2.24) is 0 Å². The second-order valence-corrected chi connectivity index (χ2v) is 8.20. The third-order valence-corrected chi connectivity index (χ3v) is 6.13. The maximum atomic E-state index is 12.7. The number of carbonyl (C=O) groups excluding carboxylic acids is 1. The number of nitriles is 1. The van der Waals surface area contributed by atoms with Gasteiger partial charge in [0.15, 0.2) is 0 Å². The summed E-state index contributed by atoms with van der Waals surface area (Å²) in [6.45, 7) is 2.23. The molecule has 2 aliphatic rings. The van der Waals surface area contributed by atoms with Crippen LogP contribution in [0.25, 0.3) is 5.57 Å². The molecule has 1 saturated carbocycles. The molecule has 3 heteroatoms. The topological polar surface area (TPSA) is 50.1 Å². The molecule has 0 aromatic heterocycles. The maximum Gasteiger partial charge on any atom is 0.310 e. The first-order chi connectivity index (χ1) is 13.7. The Bertz CT molecular complexity index is 751. The number of hydrogen-bond acceptors (Lipinski definition) is 3. The molecule has 3 rings (SSSR count). The molecule has 1 aromatic rings. The van der Waals surface area contributed by atoms with E-state index in [0.717, 1.165) is 42.7 Å². The molecule has 148 valence electrons. The summed E-state index contributed by atoms with van der Waals surface area (Å²) in [4.78, 5) is 12.7. The Kier molecular flexibility index (Phi) is 7.09. The van der Waals surface area contributed by atoms with Crippen LogP contribution in [0.5, 0.6) is 0 Å². The molecule has 2 aliphatic carbocycles. The van der Waals surface area contributed by atoms with E-state index in [1.54, 1.807) is 6.08 Å². The highest BCUT2D eigenvalue weighted by atomic mass is 16.6. The summed E-state index contributed by atoms with van der Waals surface area (Å²) in [6.07, 6.45) is 15.2. The molecule has 0 radical (unpaired) electrons. The Balaban J connectivity index is 1.53. The van der Waals surface area contributed by atoms with Crippen molar-refractivity contribution in [3.63, 3.8) is 0 Å². The third-order valence-electron chi connectivity index (χ3n) is 6.13. The van der Waals surface area contributed by atoms with E-state index in [1.165, 1.54) is 25.7 Å². The van der Waals surface area contributed by atoms with E-state index in [0.29, 0.717) is 6.42 Å². The number of benzene rings is 1. The molecule has 0 N–H and O–H groups in total. The number of hydrogen-bond donors (Lipinski definition) is 0. The fourth-order valence-electron chi connectivity index (χ4n) is 4.28. The SMILES string of the molecule is CCCCCC1CCC(C(=O)OC2(C#N)C=CC(c3ccccc3)=CC2)CC1. The van der Waals surface area contributed by atoms with Crippen molar-refractivity contribution in [3.8, 4) is 6.07 Å². The van der Waals surface area contributed by atoms with Gasteiger partial charge in [0, 0.05) is 6.42 Å². The van der Waals surface area contributed by atoms with Gasteiger partial charge in [-0.3, -0.25) is 4.79 Å². The smallest absolute Gasteiger partial charge is 0.310 e. The third kappa shape index (κ3) is 5.13. The summed E-state index contributed by atoms with van der Waals surface area (Å²) in [5.74, 6) is 0.502. The minimum absolute atomic E-state index is 0.0550. The van der Waals surface area contributed by atoms with E-state index in [4.69, 9.17) is 4.74 Å². The van der Waals surface area contributed by atoms with Crippen molar-refractivity contribution in [2.45, 2.75) is 70.3 Å². The Hall–Kier alpha value is -2.34. The zero-order chi connectivity index (χ0) is 19.8. The molecule has 0 bridgehead atoms. The van der Waals surface area contributed by atoms with E-state index in [2.05, 4.69) is 13.0 Å². The lowest BCUT2D eigenvalue weighted by atomic mass is 9.79. The van der Waals surface area contributed by atoms with Gasteiger partial charge in [0.1, 0.15) is 6.07 Å². The predicted octanol–water partition coefficient (Wildman–Crippen LogP) is 6.22. The second-order valence-electron chi connectivity index (χ2n) is 8.20. The van der Waals surface area contributed by atoms with Gasteiger partial charge in [-0.1, -0.05) is 75.1 Å². The lowest BCUT2D eigenvalue weighted by molar-refractivity contribution is -0.157. The summed E-state index contributed by atoms with van der Waals surface area (Å²) in [5.41, 5.74) is 1.01. The van der Waals surface area contributed by atoms with E-state index in [1.807, 2.05) is 42.5 Å². The van der Waals surface area contributed by atoms with Crippen LogP contribution in [0.1, 0.15) is 70.3 Å². The summed E-state index contributed by atoms with van der Waals surface area (Å²) in [5, 5.41) is 9.70. The highest BCUT2D eigenvalue weighted by Gasteiger charge is 2.36. The molecule has 0 heterocycles. The van der Waals surface area contributed by atoms with Crippen LogP contribution in [0.15, 0.2) is 48.6 Å². The van der Waals surface area contributed by atoms with Crippen LogP contribution < -0.4 is 0 Å². The number of rotatable bonds is 7. The van der Waals surface area contributed by atoms with Crippen LogP contribution in [0.4, 0.5) is 0 Å². The monoisotopic (exact) mass is 377 g/mol. The van der Waals surface area contributed by atoms with Gasteiger partial charge in [0.05, 0.1) is 5.92 Å². The van der Waals surface area contributed by atoms with Crippen molar-refractivity contribution < 1.29 is 9.53 Å². The van der Waals surface area contributed by atoms with Crippen molar-refractivity contribution in [2.24, 2.45) is 11.8 Å². The average Bonchev–Trinajstić information content (AvgIpc) is 2.75. The predicted molar refractivity (Wildman–Crippen MR) is 112 cm³/mol. The molecule has 0 aliphatic heterocycles. The number of unbranched alkanes of at least 4 members (excludes halogenated alkanes) is 2. The molecule has 28 heavy (non-hydrogen) atoms. The summed E-state index contributed by atoms with van der Waals surface area (Å²) < 4.78 is 5.75. The zero-order valence-corrected chi connectivity index (χ0v) is 16.9. The van der Waals surface area contributed by atoms with Gasteiger partial charge in [0.25, 0.3) is 0 Å². The summed E-state index contributed by atoms with van der Waals surface area (Å²) >= 11 is 0. The quantitative estimate of drug-likeness (QED) is 0.418. The standard InChI is InChI=1S/C25H31NO2/c1-2-3-5-8-20-11-13-23(14-12-20)24(27)28-25(19-26)17-15-22(16-18-25)21-9-6-4-7-10-21/h4,6-7,9-10,15-17,20,23H,2-3,5,8,11-14,18H2,1H3. The molecule has 0 saturated heterocycles. The van der Waals surface area contributed by atoms with Gasteiger partial charge < -0.3 is 4.74 Å². The van der Waals surface area contributed by atoms with Gasteiger partial charge in [-0.25, -0.2) is 0 Å². The van der Waals surface area contributed by atoms with Crippen LogP contribution in [-0.2, 0) is 9.53 Å². The molecule has 0 amide bonds. The molecule has 1 fully saturated rings. The average molecular weight is 378 g/mol. The number of esters is 1. The van der Waals surface area contributed by atoms with Crippen LogP contribution >= 0.6 is 0 Å². The van der Waals surface area contributed by atoms with Gasteiger partial charge in [-0.05, 0) is 48.8 Å². The van der Waals surface area contributed by atoms with Crippen molar-refractivity contribution >= 4 is 11.5 Å². The normalized spacial score (nSPS) is 26.9. The van der Waals surface area contributed by atoms with Gasteiger partial charge in [-0.2, -0.15) is 5.26 Å². The minimum atomic E-state index is -1.16. The van der Waals surface area contributed by atoms with Crippen LogP contribution in [0.2, 0.25) is 0 Å². The maximum absolute atomic E-state index is 12.7. The van der Waals surface area contributed by atoms with Crippen molar-refractivity contribution in [1.29, 1.82) is 5.26 Å². The Morgan fingerprint density at radius 3 is 2.54 bits per heavy atom. The van der Waals surface area contributed by atoms with Crippen LogP contribution in [0, 0.1) is 23.2 Å². The van der Waals surface area contributed by atoms with E-state index < -0.39 is 5.60 Å². The van der Waals surface area contributed by atoms with Crippen LogP contribution in [-0.4, -0.2) is 11.6 Å². The lowest BCUT2D eigenvalue weighted by Crippen LogP contribution is -2.36. The Morgan fingerprint density at radius 2 is 1.93 bits per heavy atom. The van der Waals surface area contributed by atoms with E-state index in [9.17, 15) is 10.1 Å². The Labute approximate surface area is 169 Å². The first-order valence-corrected chi connectivity index (χ1v) is 10.7. The molecule has 3 nitrogen and oxygen atoms in total. The molecule has 0 spiro atoms. The van der Waals surface area contributed by atoms with Crippen molar-refractivity contribution in [2.75, 3.05) is 0 Å². The molecule has 1 atom stereocenters. The first kappa shape index (κ1) is 20.4. The number of ether oxygens (including phenoxy) is 1. The molecular formula is C25H31NO2. The minimum Gasteiger partial charge on any atom is -0.439 e. The summed E-state index contributed by atoms with van der Waals surface area (Å²) in [6, 6.07) is 12.3. The Morgan fingerprint density at radius 1 is 1.18 bits per heavy atom. The van der Waals surface area contributed by atoms with Crippen molar-refractivity contribution in [3.05, 3.63) is 54.1 Å². The highest BCUT2D eigenvalue weighted by molar-refractivity contribution is 5.77. The van der Waals surface area contributed by atoms with Gasteiger partial charge in [0.2, 0.25) is 5.60 Å². The number of nitrogens with zero attached hydrogens (tertiary/aromatic N) is 1. The van der Waals surface area contributed by atoms with Gasteiger partial charge in [-0.15, -0.1) is 0 Å². The number of allylic oxidation sites excluding steroid dienone is 2.